The van der Waals surface area contributed by atoms with Crippen LogP contribution in [0.1, 0.15) is 50.6 Å². The molecule has 0 aliphatic carbocycles. The monoisotopic (exact) mass is 372 g/mol. The van der Waals surface area contributed by atoms with Gasteiger partial charge in [0.05, 0.1) is 29.7 Å². The Hall–Kier alpha value is -3.16. The van der Waals surface area contributed by atoms with Crippen molar-refractivity contribution in [3.8, 4) is 0 Å². The van der Waals surface area contributed by atoms with Crippen LogP contribution in [0.4, 0.5) is 0 Å². The first-order chi connectivity index (χ1) is 13.0. The zero-order valence-electron chi connectivity index (χ0n) is 15.2. The van der Waals surface area contributed by atoms with Crippen LogP contribution in [0.3, 0.4) is 0 Å². The second kappa shape index (κ2) is 10.1. The van der Waals surface area contributed by atoms with Crippen molar-refractivity contribution in [2.45, 2.75) is 45.1 Å². The fourth-order valence-corrected chi connectivity index (χ4v) is 2.87. The summed E-state index contributed by atoms with van der Waals surface area (Å²) in [4.78, 5) is 29.9. The number of hydrogen-bond donors (Lipinski definition) is 3. The number of carboxylic acids is 2. The Labute approximate surface area is 156 Å². The molecular weight excluding hydrogens is 348 g/mol. The molecule has 0 amide bonds. The fourth-order valence-electron chi connectivity index (χ4n) is 2.87. The van der Waals surface area contributed by atoms with E-state index in [9.17, 15) is 0 Å². The molecule has 1 unspecified atom stereocenters. The standard InChI is InChI=1S/C17H22N4.C2H2O4/c1-2-3-4-5-6-17(21-10-9-18-13-21)14-7-8-15-16(11-14)20-12-19-15;3-1(4)2(5)6/h7-13,17H,2-6H2,1H3,(H,19,20);(H,3,4)(H,5,6). The van der Waals surface area contributed by atoms with Crippen LogP contribution >= 0.6 is 0 Å². The van der Waals surface area contributed by atoms with Gasteiger partial charge >= 0.3 is 11.9 Å². The van der Waals surface area contributed by atoms with E-state index in [4.69, 9.17) is 19.8 Å². The van der Waals surface area contributed by atoms with Gasteiger partial charge < -0.3 is 19.8 Å². The van der Waals surface area contributed by atoms with E-state index in [0.717, 1.165) is 17.5 Å². The molecule has 3 N–H and O–H groups in total. The molecule has 0 spiro atoms. The number of hydrogen-bond acceptors (Lipinski definition) is 4. The van der Waals surface area contributed by atoms with Crippen molar-refractivity contribution in [3.05, 3.63) is 48.8 Å². The minimum Gasteiger partial charge on any atom is -0.473 e. The number of aliphatic carboxylic acids is 2. The Morgan fingerprint density at radius 1 is 1.19 bits per heavy atom. The third-order valence-corrected chi connectivity index (χ3v) is 4.23. The number of fused-ring (bicyclic) bond motifs is 1. The zero-order valence-corrected chi connectivity index (χ0v) is 15.2. The SMILES string of the molecule is CCCCCCC(c1ccc2nc[nH]c2c1)n1ccnc1.O=C(O)C(=O)O. The van der Waals surface area contributed by atoms with Crippen LogP contribution in [0.25, 0.3) is 11.0 Å². The van der Waals surface area contributed by atoms with E-state index in [-0.39, 0.29) is 0 Å². The Bertz CT molecular complexity index is 846. The van der Waals surface area contributed by atoms with Crippen LogP contribution < -0.4 is 0 Å². The molecule has 1 atom stereocenters. The molecule has 2 heterocycles. The van der Waals surface area contributed by atoms with Gasteiger partial charge in [-0.3, -0.25) is 0 Å². The number of rotatable bonds is 7. The summed E-state index contributed by atoms with van der Waals surface area (Å²) in [6.07, 6.45) is 13.9. The Balaban J connectivity index is 0.000000380. The highest BCUT2D eigenvalue weighted by molar-refractivity contribution is 6.27. The number of aromatic nitrogens is 4. The molecule has 0 aliphatic rings. The largest absolute Gasteiger partial charge is 0.473 e. The highest BCUT2D eigenvalue weighted by atomic mass is 16.4. The summed E-state index contributed by atoms with van der Waals surface area (Å²) < 4.78 is 2.21. The lowest BCUT2D eigenvalue weighted by atomic mass is 9.99. The number of unbranched alkanes of at least 4 members (excludes halogenated alkanes) is 3. The number of aromatic amines is 1. The average molecular weight is 372 g/mol. The molecule has 0 fully saturated rings. The Morgan fingerprint density at radius 3 is 2.59 bits per heavy atom. The predicted octanol–water partition coefficient (Wildman–Crippen LogP) is 3.47. The molecule has 27 heavy (non-hydrogen) atoms. The number of benzene rings is 1. The van der Waals surface area contributed by atoms with Gasteiger partial charge in [-0.25, -0.2) is 19.6 Å². The minimum absolute atomic E-state index is 0.358. The van der Waals surface area contributed by atoms with Crippen LogP contribution in [-0.4, -0.2) is 41.7 Å². The topological polar surface area (TPSA) is 121 Å². The Kier molecular flexibility index (Phi) is 7.54. The van der Waals surface area contributed by atoms with Crippen molar-refractivity contribution in [3.63, 3.8) is 0 Å². The van der Waals surface area contributed by atoms with Crippen LogP contribution in [0.2, 0.25) is 0 Å². The second-order valence-corrected chi connectivity index (χ2v) is 6.16. The number of carboxylic acid groups (broad SMARTS) is 2. The fraction of sp³-hybridized carbons (Fsp3) is 0.368. The van der Waals surface area contributed by atoms with Gasteiger partial charge in [0.25, 0.3) is 0 Å². The maximum Gasteiger partial charge on any atom is 0.414 e. The molecule has 0 radical (unpaired) electrons. The van der Waals surface area contributed by atoms with Crippen LogP contribution in [-0.2, 0) is 9.59 Å². The number of imidazole rings is 2. The lowest BCUT2D eigenvalue weighted by Gasteiger charge is -2.19. The van der Waals surface area contributed by atoms with Gasteiger partial charge in [0, 0.05) is 12.4 Å². The lowest BCUT2D eigenvalue weighted by Crippen LogP contribution is -2.09. The summed E-state index contributed by atoms with van der Waals surface area (Å²) in [5, 5.41) is 14.8. The van der Waals surface area contributed by atoms with Crippen molar-refractivity contribution in [1.82, 2.24) is 19.5 Å². The first-order valence-corrected chi connectivity index (χ1v) is 8.89. The third-order valence-electron chi connectivity index (χ3n) is 4.23. The van der Waals surface area contributed by atoms with E-state index in [1.807, 2.05) is 12.5 Å². The highest BCUT2D eigenvalue weighted by Gasteiger charge is 2.14. The molecule has 1 aromatic carbocycles. The van der Waals surface area contributed by atoms with Crippen molar-refractivity contribution in [2.75, 3.05) is 0 Å². The van der Waals surface area contributed by atoms with Crippen molar-refractivity contribution in [1.29, 1.82) is 0 Å². The number of carbonyl (C=O) groups is 2. The van der Waals surface area contributed by atoms with E-state index < -0.39 is 11.9 Å². The predicted molar refractivity (Wildman–Crippen MR) is 100 cm³/mol. The normalized spacial score (nSPS) is 11.6. The van der Waals surface area contributed by atoms with Crippen LogP contribution in [0, 0.1) is 0 Å². The van der Waals surface area contributed by atoms with Gasteiger partial charge in [0.1, 0.15) is 0 Å². The van der Waals surface area contributed by atoms with Gasteiger partial charge in [-0.2, -0.15) is 0 Å². The van der Waals surface area contributed by atoms with Crippen molar-refractivity contribution < 1.29 is 19.8 Å². The first kappa shape index (κ1) is 20.2. The lowest BCUT2D eigenvalue weighted by molar-refractivity contribution is -0.159. The maximum atomic E-state index is 9.10. The van der Waals surface area contributed by atoms with Gasteiger partial charge in [0.15, 0.2) is 0 Å². The molecule has 8 nitrogen and oxygen atoms in total. The summed E-state index contributed by atoms with van der Waals surface area (Å²) in [6, 6.07) is 6.86. The van der Waals surface area contributed by atoms with Crippen molar-refractivity contribution in [2.24, 2.45) is 0 Å². The van der Waals surface area contributed by atoms with Crippen LogP contribution in [0.15, 0.2) is 43.2 Å². The smallest absolute Gasteiger partial charge is 0.414 e. The van der Waals surface area contributed by atoms with Gasteiger partial charge in [0.2, 0.25) is 0 Å². The van der Waals surface area contributed by atoms with E-state index in [1.165, 1.54) is 31.2 Å². The third kappa shape index (κ3) is 5.95. The van der Waals surface area contributed by atoms with Crippen LogP contribution in [0.5, 0.6) is 0 Å². The Morgan fingerprint density at radius 2 is 1.96 bits per heavy atom. The summed E-state index contributed by atoms with van der Waals surface area (Å²) in [5.74, 6) is -3.65. The maximum absolute atomic E-state index is 9.10. The van der Waals surface area contributed by atoms with E-state index in [0.29, 0.717) is 6.04 Å². The van der Waals surface area contributed by atoms with E-state index in [1.54, 1.807) is 6.33 Å². The molecule has 144 valence electrons. The first-order valence-electron chi connectivity index (χ1n) is 8.89. The summed E-state index contributed by atoms with van der Waals surface area (Å²) in [5.41, 5.74) is 3.45. The number of nitrogens with one attached hydrogen (secondary N) is 1. The average Bonchev–Trinajstić information content (AvgIpc) is 3.33. The molecule has 0 saturated carbocycles. The summed E-state index contributed by atoms with van der Waals surface area (Å²) >= 11 is 0. The van der Waals surface area contributed by atoms with E-state index in [2.05, 4.69) is 50.8 Å². The number of nitrogens with zero attached hydrogens (tertiary/aromatic N) is 3. The zero-order chi connectivity index (χ0) is 19.6. The van der Waals surface area contributed by atoms with Gasteiger partial charge in [-0.1, -0.05) is 38.7 Å². The molecule has 3 rings (SSSR count). The van der Waals surface area contributed by atoms with Gasteiger partial charge in [-0.05, 0) is 24.1 Å². The molecule has 8 heteroatoms. The second-order valence-electron chi connectivity index (χ2n) is 6.16. The summed E-state index contributed by atoms with van der Waals surface area (Å²) in [6.45, 7) is 2.25. The highest BCUT2D eigenvalue weighted by Crippen LogP contribution is 2.26. The molecule has 3 aromatic rings. The van der Waals surface area contributed by atoms with E-state index >= 15 is 0 Å². The minimum atomic E-state index is -1.82. The van der Waals surface area contributed by atoms with Gasteiger partial charge in [-0.15, -0.1) is 0 Å². The molecule has 0 saturated heterocycles. The molecular formula is C19H24N4O4. The molecule has 0 bridgehead atoms. The quantitative estimate of drug-likeness (QED) is 0.431. The molecule has 2 aromatic heterocycles. The van der Waals surface area contributed by atoms with Crippen molar-refractivity contribution >= 4 is 23.0 Å². The molecule has 0 aliphatic heterocycles. The number of H-pyrrole nitrogens is 1. The summed E-state index contributed by atoms with van der Waals surface area (Å²) in [7, 11) is 0.